The first-order valence-electron chi connectivity index (χ1n) is 11.3. The number of nitrogens with one attached hydrogen (secondary N) is 1. The maximum Gasteiger partial charge on any atom is 0.325 e. The Hall–Kier alpha value is -3.13. The third-order valence-corrected chi connectivity index (χ3v) is 6.68. The van der Waals surface area contributed by atoms with Crippen LogP contribution in [0.3, 0.4) is 0 Å². The summed E-state index contributed by atoms with van der Waals surface area (Å²) in [7, 11) is 1.61. The normalized spacial score (nSPS) is 14.5. The van der Waals surface area contributed by atoms with Gasteiger partial charge < -0.3 is 4.74 Å². The average molecular weight is 466 g/mol. The quantitative estimate of drug-likeness (QED) is 0.305. The number of ether oxygens (including phenoxy) is 1. The molecule has 0 fully saturated rings. The highest BCUT2D eigenvalue weighted by Crippen LogP contribution is 2.37. The van der Waals surface area contributed by atoms with Crippen molar-refractivity contribution in [2.75, 3.05) is 17.8 Å². The van der Waals surface area contributed by atoms with E-state index in [1.54, 1.807) is 16.7 Å². The average Bonchev–Trinajstić information content (AvgIpc) is 2.82. The minimum atomic E-state index is -0.607. The van der Waals surface area contributed by atoms with Gasteiger partial charge >= 0.3 is 11.3 Å². The lowest BCUT2D eigenvalue weighted by Gasteiger charge is -2.31. The Morgan fingerprint density at radius 2 is 2.00 bits per heavy atom. The third-order valence-electron chi connectivity index (χ3n) is 5.73. The molecule has 0 saturated carbocycles. The van der Waals surface area contributed by atoms with Crippen molar-refractivity contribution in [1.29, 1.82) is 0 Å². The van der Waals surface area contributed by atoms with Crippen LogP contribution in [0.25, 0.3) is 11.3 Å². The lowest BCUT2D eigenvalue weighted by atomic mass is 10.0. The van der Waals surface area contributed by atoms with Crippen molar-refractivity contribution in [3.05, 3.63) is 64.4 Å². The van der Waals surface area contributed by atoms with Gasteiger partial charge in [-0.3, -0.25) is 14.6 Å². The van der Waals surface area contributed by atoms with Crippen LogP contribution in [0.5, 0.6) is 5.75 Å². The molecule has 0 radical (unpaired) electrons. The monoisotopic (exact) mass is 465 g/mol. The van der Waals surface area contributed by atoms with E-state index in [1.165, 1.54) is 31.5 Å². The molecule has 1 N–H and O–H groups in total. The van der Waals surface area contributed by atoms with E-state index < -0.39 is 6.17 Å². The number of hydrogen-bond acceptors (Lipinski definition) is 5. The van der Waals surface area contributed by atoms with Crippen molar-refractivity contribution in [2.24, 2.45) is 0 Å². The SMILES string of the molecule is CCCCCCSc1n[n+]2c(c(=O)[nH]1)-c1ccccc1N(C(C)=O)[C@H]2c1cccc(OC)c1. The Bertz CT molecular complexity index is 1210. The van der Waals surface area contributed by atoms with Gasteiger partial charge in [-0.15, -0.1) is 0 Å². The van der Waals surface area contributed by atoms with Crippen LogP contribution in [0, 0.1) is 0 Å². The molecule has 2 aromatic carbocycles. The van der Waals surface area contributed by atoms with E-state index in [4.69, 9.17) is 9.84 Å². The molecule has 0 spiro atoms. The van der Waals surface area contributed by atoms with Gasteiger partial charge in [-0.05, 0) is 41.4 Å². The van der Waals surface area contributed by atoms with E-state index in [0.717, 1.165) is 24.2 Å². The Kier molecular flexibility index (Phi) is 7.13. The number of rotatable bonds is 8. The number of carbonyl (C=O) groups excluding carboxylic acids is 1. The highest BCUT2D eigenvalue weighted by Gasteiger charge is 2.44. The molecule has 33 heavy (non-hydrogen) atoms. The summed E-state index contributed by atoms with van der Waals surface area (Å²) >= 11 is 1.54. The van der Waals surface area contributed by atoms with E-state index in [9.17, 15) is 9.59 Å². The molecule has 1 aliphatic rings. The van der Waals surface area contributed by atoms with Crippen LogP contribution in [-0.4, -0.2) is 28.9 Å². The van der Waals surface area contributed by atoms with Gasteiger partial charge in [0.25, 0.3) is 6.17 Å². The number of H-pyrrole nitrogens is 1. The molecule has 3 aromatic rings. The first kappa shape index (κ1) is 23.0. The first-order chi connectivity index (χ1) is 16.0. The number of aromatic amines is 1. The Morgan fingerprint density at radius 1 is 1.18 bits per heavy atom. The van der Waals surface area contributed by atoms with Gasteiger partial charge in [-0.1, -0.05) is 56.1 Å². The van der Waals surface area contributed by atoms with Crippen molar-refractivity contribution in [2.45, 2.75) is 50.9 Å². The molecule has 1 aliphatic heterocycles. The van der Waals surface area contributed by atoms with Gasteiger partial charge in [0.05, 0.1) is 18.4 Å². The predicted molar refractivity (Wildman–Crippen MR) is 130 cm³/mol. The number of hydrogen-bond donors (Lipinski definition) is 1. The van der Waals surface area contributed by atoms with E-state index in [1.807, 2.05) is 48.5 Å². The molecule has 1 atom stereocenters. The largest absolute Gasteiger partial charge is 0.497 e. The smallest absolute Gasteiger partial charge is 0.325 e. The second kappa shape index (κ2) is 10.2. The number of benzene rings is 2. The fraction of sp³-hybridized carbons (Fsp3) is 0.360. The molecule has 0 aliphatic carbocycles. The topological polar surface area (TPSA) is 79.2 Å². The lowest BCUT2D eigenvalue weighted by molar-refractivity contribution is -0.763. The molecule has 1 amide bonds. The molecule has 2 heterocycles. The Labute approximate surface area is 197 Å². The summed E-state index contributed by atoms with van der Waals surface area (Å²) < 4.78 is 7.11. The molecule has 8 heteroatoms. The highest BCUT2D eigenvalue weighted by atomic mass is 32.2. The number of carbonyl (C=O) groups is 1. The zero-order valence-corrected chi connectivity index (χ0v) is 20.0. The summed E-state index contributed by atoms with van der Waals surface area (Å²) in [6.45, 7) is 3.72. The summed E-state index contributed by atoms with van der Waals surface area (Å²) in [4.78, 5) is 30.9. The number of thioether (sulfide) groups is 1. The zero-order chi connectivity index (χ0) is 23.4. The third kappa shape index (κ3) is 4.66. The fourth-order valence-corrected chi connectivity index (χ4v) is 5.03. The van der Waals surface area contributed by atoms with Gasteiger partial charge in [0.15, 0.2) is 0 Å². The van der Waals surface area contributed by atoms with E-state index >= 15 is 0 Å². The minimum Gasteiger partial charge on any atom is -0.497 e. The Morgan fingerprint density at radius 3 is 2.76 bits per heavy atom. The number of nitrogens with zero attached hydrogens (tertiary/aromatic N) is 3. The summed E-state index contributed by atoms with van der Waals surface area (Å²) in [5.41, 5.74) is 2.39. The van der Waals surface area contributed by atoms with Crippen LogP contribution in [-0.2, 0) is 4.79 Å². The van der Waals surface area contributed by atoms with Crippen LogP contribution >= 0.6 is 11.8 Å². The van der Waals surface area contributed by atoms with Crippen molar-refractivity contribution in [3.63, 3.8) is 0 Å². The van der Waals surface area contributed by atoms with Gasteiger partial charge in [-0.25, -0.2) is 4.90 Å². The summed E-state index contributed by atoms with van der Waals surface area (Å²) in [5.74, 6) is 1.41. The van der Waals surface area contributed by atoms with Crippen LogP contribution in [0.1, 0.15) is 51.3 Å². The standard InChI is InChI=1S/C25H28N4O3S/c1-4-5-6-9-15-33-25-26-23(31)22-20-13-7-8-14-21(20)28(17(2)30)24(29(22)27-25)18-11-10-12-19(16-18)32-3/h7-8,10-14,16,24H,4-6,9,15H2,1-3H3/p+1/t24-/m1/s1. The minimum absolute atomic E-state index is 0.135. The lowest BCUT2D eigenvalue weighted by Crippen LogP contribution is -2.60. The second-order valence-electron chi connectivity index (χ2n) is 8.02. The molecule has 0 saturated heterocycles. The number of methoxy groups -OCH3 is 1. The molecule has 7 nitrogen and oxygen atoms in total. The van der Waals surface area contributed by atoms with E-state index in [0.29, 0.717) is 27.9 Å². The van der Waals surface area contributed by atoms with Crippen molar-refractivity contribution in [3.8, 4) is 17.0 Å². The van der Waals surface area contributed by atoms with Crippen LogP contribution in [0.4, 0.5) is 5.69 Å². The van der Waals surface area contributed by atoms with E-state index in [-0.39, 0.29) is 11.5 Å². The number of fused-ring (bicyclic) bond motifs is 3. The number of para-hydroxylation sites is 1. The van der Waals surface area contributed by atoms with Crippen molar-refractivity contribution < 1.29 is 14.2 Å². The van der Waals surface area contributed by atoms with Crippen molar-refractivity contribution >= 4 is 23.4 Å². The summed E-state index contributed by atoms with van der Waals surface area (Å²) in [6, 6.07) is 15.0. The molecule has 172 valence electrons. The van der Waals surface area contributed by atoms with Gasteiger partial charge in [0.1, 0.15) is 5.75 Å². The van der Waals surface area contributed by atoms with Gasteiger partial charge in [0.2, 0.25) is 11.1 Å². The molecule has 0 bridgehead atoms. The van der Waals surface area contributed by atoms with Crippen LogP contribution < -0.4 is 19.9 Å². The first-order valence-corrected chi connectivity index (χ1v) is 12.3. The number of unbranched alkanes of at least 4 members (excludes halogenated alkanes) is 3. The maximum absolute atomic E-state index is 13.3. The summed E-state index contributed by atoms with van der Waals surface area (Å²) in [6.07, 6.45) is 3.99. The maximum atomic E-state index is 13.3. The molecule has 4 rings (SSSR count). The highest BCUT2D eigenvalue weighted by molar-refractivity contribution is 7.99. The summed E-state index contributed by atoms with van der Waals surface area (Å²) in [5, 5.41) is 5.38. The number of anilines is 1. The number of aromatic nitrogens is 3. The molecular formula is C25H29N4O3S+. The van der Waals surface area contributed by atoms with Crippen LogP contribution in [0.2, 0.25) is 0 Å². The molecule has 1 aromatic heterocycles. The van der Waals surface area contributed by atoms with Crippen molar-refractivity contribution in [1.82, 2.24) is 10.1 Å². The number of amides is 1. The second-order valence-corrected chi connectivity index (χ2v) is 9.10. The predicted octanol–water partition coefficient (Wildman–Crippen LogP) is 4.32. The zero-order valence-electron chi connectivity index (χ0n) is 19.2. The molecular weight excluding hydrogens is 436 g/mol. The van der Waals surface area contributed by atoms with Gasteiger partial charge in [-0.2, -0.15) is 0 Å². The fourth-order valence-electron chi connectivity index (χ4n) is 4.18. The van der Waals surface area contributed by atoms with E-state index in [2.05, 4.69) is 11.9 Å². The Balaban J connectivity index is 1.86. The van der Waals surface area contributed by atoms with Crippen LogP contribution in [0.15, 0.2) is 58.5 Å². The molecule has 0 unspecified atom stereocenters. The van der Waals surface area contributed by atoms with Gasteiger partial charge in [0, 0.05) is 23.3 Å².